The number of methoxy groups -OCH3 is 1. The van der Waals surface area contributed by atoms with Gasteiger partial charge in [0.1, 0.15) is 11.9 Å². The Morgan fingerprint density at radius 3 is 2.75 bits per heavy atom. The van der Waals surface area contributed by atoms with Crippen LogP contribution in [0.3, 0.4) is 0 Å². The van der Waals surface area contributed by atoms with Crippen molar-refractivity contribution in [3.05, 3.63) is 46.1 Å². The van der Waals surface area contributed by atoms with Crippen molar-refractivity contribution in [2.45, 2.75) is 19.4 Å². The molecule has 0 unspecified atom stereocenters. The Balaban J connectivity index is 1.67. The lowest BCUT2D eigenvalue weighted by Gasteiger charge is -2.29. The molecule has 0 bridgehead atoms. The Hall–Kier alpha value is -2.94. The van der Waals surface area contributed by atoms with Crippen molar-refractivity contribution in [2.75, 3.05) is 44.4 Å². The monoisotopic (exact) mass is 386 g/mol. The minimum Gasteiger partial charge on any atom is -0.496 e. The average molecular weight is 386 g/mol. The van der Waals surface area contributed by atoms with E-state index in [4.69, 9.17) is 4.74 Å². The van der Waals surface area contributed by atoms with Gasteiger partial charge in [-0.05, 0) is 45.0 Å². The first-order chi connectivity index (χ1) is 13.6. The second-order valence-electron chi connectivity index (χ2n) is 6.98. The summed E-state index contributed by atoms with van der Waals surface area (Å²) in [6.07, 6.45) is 3.39. The molecule has 0 atom stereocenters. The van der Waals surface area contributed by atoms with Gasteiger partial charge in [-0.15, -0.1) is 0 Å². The maximum absolute atomic E-state index is 11.3. The third-order valence-electron chi connectivity index (χ3n) is 4.99. The van der Waals surface area contributed by atoms with Gasteiger partial charge in [0.05, 0.1) is 12.0 Å². The molecule has 28 heavy (non-hydrogen) atoms. The van der Waals surface area contributed by atoms with Gasteiger partial charge in [-0.3, -0.25) is 10.1 Å². The van der Waals surface area contributed by atoms with Crippen LogP contribution >= 0.6 is 0 Å². The third-order valence-corrected chi connectivity index (χ3v) is 4.99. The Bertz CT molecular complexity index is 808. The van der Waals surface area contributed by atoms with Crippen molar-refractivity contribution in [1.29, 1.82) is 0 Å². The van der Waals surface area contributed by atoms with E-state index >= 15 is 0 Å². The lowest BCUT2D eigenvalue weighted by Crippen LogP contribution is -2.33. The number of hydrogen-bond acceptors (Lipinski definition) is 8. The summed E-state index contributed by atoms with van der Waals surface area (Å²) >= 11 is 0. The maximum atomic E-state index is 11.3. The van der Waals surface area contributed by atoms with Gasteiger partial charge in [-0.2, -0.15) is 4.98 Å². The van der Waals surface area contributed by atoms with Gasteiger partial charge in [0, 0.05) is 18.7 Å². The first-order valence-electron chi connectivity index (χ1n) is 9.36. The van der Waals surface area contributed by atoms with E-state index in [0.717, 1.165) is 37.2 Å². The standard InChI is InChI=1S/C19H26N6O3/c1-24-9-7-14(8-10-24)11-20-18-16(25(26)27)13-22-19(23-18)21-12-15-5-3-4-6-17(15)28-2/h3-6,13-14H,7-12H2,1-2H3,(H2,20,21,22,23). The summed E-state index contributed by atoms with van der Waals surface area (Å²) in [6.45, 7) is 3.21. The maximum Gasteiger partial charge on any atom is 0.329 e. The normalized spacial score (nSPS) is 15.2. The van der Waals surface area contributed by atoms with Gasteiger partial charge in [0.2, 0.25) is 11.8 Å². The van der Waals surface area contributed by atoms with Gasteiger partial charge in [-0.1, -0.05) is 18.2 Å². The van der Waals surface area contributed by atoms with Crippen molar-refractivity contribution in [1.82, 2.24) is 14.9 Å². The van der Waals surface area contributed by atoms with Crippen LogP contribution in [-0.4, -0.2) is 53.6 Å². The zero-order valence-electron chi connectivity index (χ0n) is 16.2. The van der Waals surface area contributed by atoms with Gasteiger partial charge < -0.3 is 20.3 Å². The molecule has 2 aromatic rings. The summed E-state index contributed by atoms with van der Waals surface area (Å²) in [6, 6.07) is 7.64. The van der Waals surface area contributed by atoms with Crippen molar-refractivity contribution >= 4 is 17.5 Å². The van der Waals surface area contributed by atoms with Crippen LogP contribution in [0.5, 0.6) is 5.75 Å². The molecule has 150 valence electrons. The van der Waals surface area contributed by atoms with Crippen LogP contribution < -0.4 is 15.4 Å². The molecular formula is C19H26N6O3. The van der Waals surface area contributed by atoms with E-state index in [1.807, 2.05) is 24.3 Å². The SMILES string of the molecule is COc1ccccc1CNc1ncc([N+](=O)[O-])c(NCC2CCN(C)CC2)n1. The van der Waals surface area contributed by atoms with Gasteiger partial charge >= 0.3 is 5.69 Å². The molecule has 0 spiro atoms. The molecule has 3 rings (SSSR count). The number of nitrogens with one attached hydrogen (secondary N) is 2. The smallest absolute Gasteiger partial charge is 0.329 e. The lowest BCUT2D eigenvalue weighted by atomic mass is 9.97. The molecule has 1 aliphatic rings. The summed E-state index contributed by atoms with van der Waals surface area (Å²) in [5.74, 6) is 1.83. The molecular weight excluding hydrogens is 360 g/mol. The highest BCUT2D eigenvalue weighted by atomic mass is 16.6. The number of nitrogens with zero attached hydrogens (tertiary/aromatic N) is 4. The van der Waals surface area contributed by atoms with E-state index in [0.29, 0.717) is 25.0 Å². The van der Waals surface area contributed by atoms with E-state index in [2.05, 4.69) is 32.5 Å². The zero-order valence-corrected chi connectivity index (χ0v) is 16.2. The van der Waals surface area contributed by atoms with E-state index in [1.54, 1.807) is 7.11 Å². The Labute approximate surface area is 164 Å². The van der Waals surface area contributed by atoms with Crippen LogP contribution in [0.15, 0.2) is 30.5 Å². The molecule has 1 saturated heterocycles. The van der Waals surface area contributed by atoms with Crippen LogP contribution in [0.2, 0.25) is 0 Å². The first kappa shape index (κ1) is 19.8. The zero-order chi connectivity index (χ0) is 19.9. The summed E-state index contributed by atoms with van der Waals surface area (Å²) in [7, 11) is 3.73. The second-order valence-corrected chi connectivity index (χ2v) is 6.98. The minimum absolute atomic E-state index is 0.115. The van der Waals surface area contributed by atoms with Gasteiger partial charge in [0.15, 0.2) is 0 Å². The Kier molecular flexibility index (Phi) is 6.59. The molecule has 0 saturated carbocycles. The fraction of sp³-hybridized carbons (Fsp3) is 0.474. The highest BCUT2D eigenvalue weighted by molar-refractivity contribution is 5.57. The number of likely N-dealkylation sites (tertiary alicyclic amines) is 1. The van der Waals surface area contributed by atoms with E-state index in [1.165, 1.54) is 6.20 Å². The minimum atomic E-state index is -0.457. The molecule has 9 heteroatoms. The van der Waals surface area contributed by atoms with Crippen LogP contribution in [0.25, 0.3) is 0 Å². The van der Waals surface area contributed by atoms with Crippen LogP contribution in [0, 0.1) is 16.0 Å². The number of hydrogen-bond donors (Lipinski definition) is 2. The number of ether oxygens (including phenoxy) is 1. The van der Waals surface area contributed by atoms with Crippen LogP contribution in [-0.2, 0) is 6.54 Å². The number of rotatable bonds is 8. The lowest BCUT2D eigenvalue weighted by molar-refractivity contribution is -0.384. The number of nitro groups is 1. The summed E-state index contributed by atoms with van der Waals surface area (Å²) in [4.78, 5) is 21.6. The second kappa shape index (κ2) is 9.32. The largest absolute Gasteiger partial charge is 0.496 e. The number of piperidine rings is 1. The highest BCUT2D eigenvalue weighted by Crippen LogP contribution is 2.25. The van der Waals surface area contributed by atoms with Crippen LogP contribution in [0.1, 0.15) is 18.4 Å². The molecule has 1 aromatic carbocycles. The molecule has 2 heterocycles. The molecule has 9 nitrogen and oxygen atoms in total. The summed E-state index contributed by atoms with van der Waals surface area (Å²) in [5.41, 5.74) is 0.837. The average Bonchev–Trinajstić information content (AvgIpc) is 2.72. The van der Waals surface area contributed by atoms with Crippen molar-refractivity contribution < 1.29 is 9.66 Å². The Morgan fingerprint density at radius 2 is 2.04 bits per heavy atom. The molecule has 0 amide bonds. The van der Waals surface area contributed by atoms with Crippen molar-refractivity contribution in [3.63, 3.8) is 0 Å². The summed E-state index contributed by atoms with van der Waals surface area (Å²) in [5, 5.41) is 17.6. The molecule has 0 radical (unpaired) electrons. The Morgan fingerprint density at radius 1 is 1.29 bits per heavy atom. The predicted octanol–water partition coefficient (Wildman–Crippen LogP) is 2.76. The van der Waals surface area contributed by atoms with Crippen molar-refractivity contribution in [2.24, 2.45) is 5.92 Å². The predicted molar refractivity (Wildman–Crippen MR) is 108 cm³/mol. The van der Waals surface area contributed by atoms with Crippen LogP contribution in [0.4, 0.5) is 17.5 Å². The van der Waals surface area contributed by atoms with Crippen molar-refractivity contribution in [3.8, 4) is 5.75 Å². The van der Waals surface area contributed by atoms with E-state index in [9.17, 15) is 10.1 Å². The molecule has 1 fully saturated rings. The van der Waals surface area contributed by atoms with Gasteiger partial charge in [-0.25, -0.2) is 4.98 Å². The van der Waals surface area contributed by atoms with E-state index in [-0.39, 0.29) is 11.5 Å². The third kappa shape index (κ3) is 5.07. The molecule has 1 aromatic heterocycles. The number of anilines is 2. The van der Waals surface area contributed by atoms with E-state index < -0.39 is 4.92 Å². The summed E-state index contributed by atoms with van der Waals surface area (Å²) < 4.78 is 5.34. The molecule has 2 N–H and O–H groups in total. The fourth-order valence-electron chi connectivity index (χ4n) is 3.25. The topological polar surface area (TPSA) is 105 Å². The molecule has 1 aliphatic heterocycles. The number of aromatic nitrogens is 2. The number of benzene rings is 1. The highest BCUT2D eigenvalue weighted by Gasteiger charge is 2.21. The number of para-hydroxylation sites is 1. The van der Waals surface area contributed by atoms with Gasteiger partial charge in [0.25, 0.3) is 0 Å². The quantitative estimate of drug-likeness (QED) is 0.527. The molecule has 0 aliphatic carbocycles. The fourth-order valence-corrected chi connectivity index (χ4v) is 3.25. The first-order valence-corrected chi connectivity index (χ1v) is 9.36.